The van der Waals surface area contributed by atoms with E-state index in [4.69, 9.17) is 5.11 Å². The number of amides is 2. The molecule has 1 aromatic rings. The van der Waals surface area contributed by atoms with Crippen molar-refractivity contribution in [2.75, 3.05) is 18.4 Å². The fourth-order valence-electron chi connectivity index (χ4n) is 1.62. The van der Waals surface area contributed by atoms with Gasteiger partial charge in [0, 0.05) is 23.2 Å². The lowest BCUT2D eigenvalue weighted by atomic mass is 10.2. The number of halogens is 1. The van der Waals surface area contributed by atoms with Gasteiger partial charge in [0.15, 0.2) is 0 Å². The largest absolute Gasteiger partial charge is 0.478 e. The van der Waals surface area contributed by atoms with Crippen molar-refractivity contribution in [2.24, 2.45) is 0 Å². The molecule has 6 heteroatoms. The molecule has 0 aliphatic heterocycles. The number of likely N-dealkylation sites (N-methyl/N-ethyl adjacent to an activating group) is 1. The Hall–Kier alpha value is -1.82. The maximum Gasteiger partial charge on any atom is 0.336 e. The number of anilines is 1. The van der Waals surface area contributed by atoms with Crippen LogP contribution in [0.25, 0.3) is 0 Å². The van der Waals surface area contributed by atoms with Gasteiger partial charge in [-0.3, -0.25) is 0 Å². The Morgan fingerprint density at radius 1 is 1.45 bits per heavy atom. The molecule has 0 bridgehead atoms. The SMILES string of the molecule is C=C(C)CN(CC)C(=O)Nc1ccc(Br)c(C(=O)O)c1. The first kappa shape index (κ1) is 16.2. The molecule has 0 unspecified atom stereocenters. The molecule has 1 aromatic carbocycles. The lowest BCUT2D eigenvalue weighted by molar-refractivity contribution is 0.0696. The maximum absolute atomic E-state index is 12.1. The first-order chi connectivity index (χ1) is 9.35. The summed E-state index contributed by atoms with van der Waals surface area (Å²) in [5, 5.41) is 11.7. The third kappa shape index (κ3) is 4.38. The molecule has 5 nitrogen and oxygen atoms in total. The monoisotopic (exact) mass is 340 g/mol. The number of carbonyl (C=O) groups excluding carboxylic acids is 1. The van der Waals surface area contributed by atoms with Gasteiger partial charge in [0.2, 0.25) is 0 Å². The van der Waals surface area contributed by atoms with Crippen LogP contribution >= 0.6 is 15.9 Å². The number of benzene rings is 1. The zero-order chi connectivity index (χ0) is 15.3. The molecule has 0 radical (unpaired) electrons. The molecule has 0 aliphatic carbocycles. The maximum atomic E-state index is 12.1. The van der Waals surface area contributed by atoms with Gasteiger partial charge in [-0.25, -0.2) is 9.59 Å². The minimum atomic E-state index is -1.05. The summed E-state index contributed by atoms with van der Waals surface area (Å²) < 4.78 is 0.470. The Morgan fingerprint density at radius 3 is 2.60 bits per heavy atom. The lowest BCUT2D eigenvalue weighted by Crippen LogP contribution is -2.35. The summed E-state index contributed by atoms with van der Waals surface area (Å²) in [6, 6.07) is 4.37. The first-order valence-electron chi connectivity index (χ1n) is 6.08. The predicted molar refractivity (Wildman–Crippen MR) is 82.2 cm³/mol. The van der Waals surface area contributed by atoms with E-state index in [9.17, 15) is 9.59 Å². The van der Waals surface area contributed by atoms with E-state index < -0.39 is 5.97 Å². The van der Waals surface area contributed by atoms with Gasteiger partial charge >= 0.3 is 12.0 Å². The number of urea groups is 1. The van der Waals surface area contributed by atoms with Crippen LogP contribution in [-0.2, 0) is 0 Å². The van der Waals surface area contributed by atoms with Gasteiger partial charge in [-0.1, -0.05) is 12.2 Å². The molecule has 0 spiro atoms. The predicted octanol–water partition coefficient (Wildman–Crippen LogP) is 3.58. The molecular formula is C14H17BrN2O3. The van der Waals surface area contributed by atoms with Crippen molar-refractivity contribution in [2.45, 2.75) is 13.8 Å². The molecule has 0 fully saturated rings. The summed E-state index contributed by atoms with van der Waals surface area (Å²) in [5.41, 5.74) is 1.42. The number of hydrogen-bond acceptors (Lipinski definition) is 2. The van der Waals surface area contributed by atoms with Gasteiger partial charge in [-0.2, -0.15) is 0 Å². The van der Waals surface area contributed by atoms with Crippen LogP contribution < -0.4 is 5.32 Å². The third-order valence-corrected chi connectivity index (χ3v) is 3.27. The zero-order valence-corrected chi connectivity index (χ0v) is 13.0. The summed E-state index contributed by atoms with van der Waals surface area (Å²) in [6.45, 7) is 8.49. The Labute approximate surface area is 126 Å². The Morgan fingerprint density at radius 2 is 2.10 bits per heavy atom. The molecule has 2 N–H and O–H groups in total. The summed E-state index contributed by atoms with van der Waals surface area (Å²) in [5.74, 6) is -1.05. The van der Waals surface area contributed by atoms with E-state index >= 15 is 0 Å². The molecule has 0 aliphatic rings. The molecular weight excluding hydrogens is 324 g/mol. The van der Waals surface area contributed by atoms with Gasteiger partial charge in [-0.15, -0.1) is 0 Å². The minimum Gasteiger partial charge on any atom is -0.478 e. The number of nitrogens with one attached hydrogen (secondary N) is 1. The number of carboxylic acid groups (broad SMARTS) is 1. The number of hydrogen-bond donors (Lipinski definition) is 2. The highest BCUT2D eigenvalue weighted by molar-refractivity contribution is 9.10. The molecule has 0 saturated heterocycles. The van der Waals surface area contributed by atoms with Gasteiger partial charge in [0.05, 0.1) is 5.56 Å². The second-order valence-electron chi connectivity index (χ2n) is 4.40. The van der Waals surface area contributed by atoms with E-state index in [1.807, 2.05) is 13.8 Å². The molecule has 0 atom stereocenters. The average molecular weight is 341 g/mol. The van der Waals surface area contributed by atoms with E-state index in [0.717, 1.165) is 5.57 Å². The van der Waals surface area contributed by atoms with Crippen molar-refractivity contribution in [3.63, 3.8) is 0 Å². The van der Waals surface area contributed by atoms with Crippen molar-refractivity contribution < 1.29 is 14.7 Å². The van der Waals surface area contributed by atoms with Crippen LogP contribution in [0.1, 0.15) is 24.2 Å². The van der Waals surface area contributed by atoms with E-state index in [1.165, 1.54) is 6.07 Å². The summed E-state index contributed by atoms with van der Waals surface area (Å²) in [4.78, 5) is 24.7. The van der Waals surface area contributed by atoms with Crippen molar-refractivity contribution in [1.82, 2.24) is 4.90 Å². The number of rotatable bonds is 5. The highest BCUT2D eigenvalue weighted by Gasteiger charge is 2.14. The summed E-state index contributed by atoms with van der Waals surface area (Å²) in [6.07, 6.45) is 0. The molecule has 0 saturated carbocycles. The second-order valence-corrected chi connectivity index (χ2v) is 5.26. The third-order valence-electron chi connectivity index (χ3n) is 2.58. The van der Waals surface area contributed by atoms with Crippen LogP contribution in [0.5, 0.6) is 0 Å². The van der Waals surface area contributed by atoms with Crippen LogP contribution in [-0.4, -0.2) is 35.1 Å². The quantitative estimate of drug-likeness (QED) is 0.805. The highest BCUT2D eigenvalue weighted by atomic mass is 79.9. The van der Waals surface area contributed by atoms with Gasteiger partial charge in [0.25, 0.3) is 0 Å². The van der Waals surface area contributed by atoms with Crippen LogP contribution in [0.15, 0.2) is 34.8 Å². The minimum absolute atomic E-state index is 0.103. The lowest BCUT2D eigenvalue weighted by Gasteiger charge is -2.21. The average Bonchev–Trinajstić information content (AvgIpc) is 2.37. The Balaban J connectivity index is 2.87. The van der Waals surface area contributed by atoms with E-state index in [2.05, 4.69) is 27.8 Å². The Bertz CT molecular complexity index is 543. The fraction of sp³-hybridized carbons (Fsp3) is 0.286. The molecule has 1 rings (SSSR count). The van der Waals surface area contributed by atoms with Crippen LogP contribution in [0.4, 0.5) is 10.5 Å². The number of carbonyl (C=O) groups is 2. The zero-order valence-electron chi connectivity index (χ0n) is 11.4. The smallest absolute Gasteiger partial charge is 0.336 e. The highest BCUT2D eigenvalue weighted by Crippen LogP contribution is 2.21. The van der Waals surface area contributed by atoms with Crippen LogP contribution in [0, 0.1) is 0 Å². The molecule has 2 amide bonds. The Kier molecular flexibility index (Phi) is 5.76. The number of aromatic carboxylic acids is 1. The fourth-order valence-corrected chi connectivity index (χ4v) is 2.04. The van der Waals surface area contributed by atoms with Crippen molar-refractivity contribution in [3.05, 3.63) is 40.4 Å². The van der Waals surface area contributed by atoms with Crippen molar-refractivity contribution in [1.29, 1.82) is 0 Å². The van der Waals surface area contributed by atoms with Gasteiger partial charge in [-0.05, 0) is 48.0 Å². The molecule has 0 aromatic heterocycles. The number of nitrogens with zero attached hydrogens (tertiary/aromatic N) is 1. The van der Waals surface area contributed by atoms with E-state index in [1.54, 1.807) is 17.0 Å². The van der Waals surface area contributed by atoms with Crippen LogP contribution in [0.2, 0.25) is 0 Å². The first-order valence-corrected chi connectivity index (χ1v) is 6.87. The van der Waals surface area contributed by atoms with E-state index in [0.29, 0.717) is 23.2 Å². The normalized spacial score (nSPS) is 9.95. The molecule has 20 heavy (non-hydrogen) atoms. The van der Waals surface area contributed by atoms with E-state index in [-0.39, 0.29) is 11.6 Å². The summed E-state index contributed by atoms with van der Waals surface area (Å²) in [7, 11) is 0. The summed E-state index contributed by atoms with van der Waals surface area (Å²) >= 11 is 3.16. The molecule has 108 valence electrons. The van der Waals surface area contributed by atoms with Gasteiger partial charge in [0.1, 0.15) is 0 Å². The van der Waals surface area contributed by atoms with Crippen molar-refractivity contribution >= 4 is 33.6 Å². The number of carboxylic acids is 1. The van der Waals surface area contributed by atoms with Gasteiger partial charge < -0.3 is 15.3 Å². The van der Waals surface area contributed by atoms with Crippen LogP contribution in [0.3, 0.4) is 0 Å². The topological polar surface area (TPSA) is 69.6 Å². The second kappa shape index (κ2) is 7.09. The molecule has 0 heterocycles. The standard InChI is InChI=1S/C14H17BrN2O3/c1-4-17(8-9(2)3)14(20)16-10-5-6-12(15)11(7-10)13(18)19/h5-7H,2,4,8H2,1,3H3,(H,16,20)(H,18,19). The van der Waals surface area contributed by atoms with Crippen molar-refractivity contribution in [3.8, 4) is 0 Å².